The molecule has 0 aliphatic carbocycles. The molecule has 16 heteroatoms. The second kappa shape index (κ2) is 19.3. The number of benzene rings is 1. The Kier molecular flexibility index (Phi) is 15.6. The van der Waals surface area contributed by atoms with Crippen molar-refractivity contribution in [1.82, 2.24) is 31.7 Å². The number of nitrogens with two attached hydrogens (primary N) is 1. The summed E-state index contributed by atoms with van der Waals surface area (Å²) in [5, 5.41) is 28.6. The van der Waals surface area contributed by atoms with Gasteiger partial charge < -0.3 is 31.8 Å². The van der Waals surface area contributed by atoms with Gasteiger partial charge in [0.05, 0.1) is 5.56 Å². The summed E-state index contributed by atoms with van der Waals surface area (Å²) in [5.74, 6) is 0.371. The Balaban J connectivity index is 2.13. The number of amides is 5. The minimum Gasteiger partial charge on any atom is -0.481 e. The lowest BCUT2D eigenvalue weighted by Gasteiger charge is -2.25. The number of hydrogen-bond acceptors (Lipinski definition) is 10. The van der Waals surface area contributed by atoms with Crippen LogP contribution in [0.3, 0.4) is 0 Å². The van der Waals surface area contributed by atoms with Gasteiger partial charge in [-0.15, -0.1) is 0 Å². The number of pyridine rings is 1. The molecular weight excluding hydrogens is 600 g/mol. The van der Waals surface area contributed by atoms with Crippen molar-refractivity contribution in [3.63, 3.8) is 0 Å². The quantitative estimate of drug-likeness (QED) is 0.0421. The van der Waals surface area contributed by atoms with Gasteiger partial charge >= 0.3 is 5.97 Å². The summed E-state index contributed by atoms with van der Waals surface area (Å²) in [5.41, 5.74) is 4.82. The van der Waals surface area contributed by atoms with E-state index >= 15 is 0 Å². The van der Waals surface area contributed by atoms with Crippen LogP contribution in [0.2, 0.25) is 0 Å². The summed E-state index contributed by atoms with van der Waals surface area (Å²) in [6, 6.07) is 9.34. The van der Waals surface area contributed by atoms with Gasteiger partial charge in [0.15, 0.2) is 0 Å². The van der Waals surface area contributed by atoms with E-state index in [1.54, 1.807) is 30.3 Å². The molecule has 2 aromatic rings. The van der Waals surface area contributed by atoms with Crippen molar-refractivity contribution in [2.75, 3.05) is 18.5 Å². The number of anilines is 1. The monoisotopic (exact) mass is 642 g/mol. The second-order valence-corrected chi connectivity index (χ2v) is 10.9. The number of carbonyl (C=O) groups is 6. The highest BCUT2D eigenvalue weighted by Crippen LogP contribution is 2.17. The van der Waals surface area contributed by atoms with Gasteiger partial charge in [-0.2, -0.15) is 0 Å². The van der Waals surface area contributed by atoms with Gasteiger partial charge in [0, 0.05) is 44.5 Å². The maximum Gasteiger partial charge on any atom is 0.303 e. The summed E-state index contributed by atoms with van der Waals surface area (Å²) in [6.45, 7) is 3.70. The molecule has 0 fully saturated rings. The summed E-state index contributed by atoms with van der Waals surface area (Å²) >= 11 is 0. The average Bonchev–Trinajstić information content (AvgIpc) is 3.04. The van der Waals surface area contributed by atoms with Gasteiger partial charge in [0.2, 0.25) is 23.6 Å². The van der Waals surface area contributed by atoms with Crippen LogP contribution in [-0.4, -0.2) is 76.0 Å². The van der Waals surface area contributed by atoms with Crippen LogP contribution >= 0.6 is 0 Å². The van der Waals surface area contributed by atoms with Crippen molar-refractivity contribution < 1.29 is 39.1 Å². The standard InChI is InChI=1S/C30H42N8O8/c1-18(2)14-21(16-25(39)38-46)28(43)36-23(15-19-6-4-3-5-7-19)30(45)35-22(9-11-26(40)41)29(44)33-13-12-32-27(42)20-8-10-24(37-31)34-17-20/h3-8,10,17-18,21-23,46H,9,11-16,31H2,1-2H3,(H,32,42)(H,33,44)(H,34,37)(H,35,45)(H,36,43)(H,38,39)(H,40,41)/t21-,22+,23+/m1/s1. The highest BCUT2D eigenvalue weighted by Gasteiger charge is 2.30. The minimum absolute atomic E-state index is 0.0168. The third-order valence-electron chi connectivity index (χ3n) is 6.76. The molecule has 0 aliphatic heterocycles. The van der Waals surface area contributed by atoms with Crippen molar-refractivity contribution in [3.05, 3.63) is 59.8 Å². The smallest absolute Gasteiger partial charge is 0.303 e. The first-order chi connectivity index (χ1) is 21.9. The van der Waals surface area contributed by atoms with Gasteiger partial charge in [0.1, 0.15) is 17.9 Å². The van der Waals surface area contributed by atoms with Crippen LogP contribution in [0, 0.1) is 11.8 Å². The Bertz CT molecular complexity index is 1320. The summed E-state index contributed by atoms with van der Waals surface area (Å²) in [7, 11) is 0. The van der Waals surface area contributed by atoms with Crippen molar-refractivity contribution in [3.8, 4) is 0 Å². The number of aromatic nitrogens is 1. The molecule has 1 aromatic heterocycles. The van der Waals surface area contributed by atoms with Gasteiger partial charge in [-0.1, -0.05) is 44.2 Å². The number of rotatable bonds is 19. The molecule has 3 atom stereocenters. The number of hydroxylamine groups is 1. The van der Waals surface area contributed by atoms with E-state index in [0.717, 1.165) is 0 Å². The molecule has 0 spiro atoms. The lowest BCUT2D eigenvalue weighted by Crippen LogP contribution is -2.55. The summed E-state index contributed by atoms with van der Waals surface area (Å²) < 4.78 is 0. The Morgan fingerprint density at radius 3 is 2.13 bits per heavy atom. The van der Waals surface area contributed by atoms with Crippen LogP contribution in [0.5, 0.6) is 0 Å². The number of carboxylic acid groups (broad SMARTS) is 1. The maximum absolute atomic E-state index is 13.5. The SMILES string of the molecule is CC(C)C[C@H](CC(=O)NO)C(=O)N[C@@H](Cc1ccccc1)C(=O)N[C@@H](CCC(=O)O)C(=O)NCCNC(=O)c1ccc(NN)nc1. The number of aliphatic carboxylic acids is 1. The number of hydrazine groups is 1. The van der Waals surface area contributed by atoms with E-state index in [0.29, 0.717) is 17.8 Å². The van der Waals surface area contributed by atoms with E-state index in [-0.39, 0.29) is 43.8 Å². The predicted molar refractivity (Wildman–Crippen MR) is 166 cm³/mol. The van der Waals surface area contributed by atoms with E-state index in [4.69, 9.17) is 11.0 Å². The number of nitrogens with zero attached hydrogens (tertiary/aromatic N) is 1. The fraction of sp³-hybridized carbons (Fsp3) is 0.433. The van der Waals surface area contributed by atoms with E-state index in [9.17, 15) is 33.9 Å². The molecule has 0 aliphatic rings. The lowest BCUT2D eigenvalue weighted by atomic mass is 9.92. The molecule has 0 saturated heterocycles. The van der Waals surface area contributed by atoms with E-state index in [1.807, 2.05) is 13.8 Å². The molecule has 10 N–H and O–H groups in total. The molecule has 1 heterocycles. The maximum atomic E-state index is 13.5. The second-order valence-electron chi connectivity index (χ2n) is 10.9. The minimum atomic E-state index is -1.28. The molecule has 5 amide bonds. The van der Waals surface area contributed by atoms with Crippen LogP contribution in [0.25, 0.3) is 0 Å². The van der Waals surface area contributed by atoms with E-state index in [2.05, 4.69) is 31.7 Å². The Morgan fingerprint density at radius 2 is 1.54 bits per heavy atom. The number of hydrogen-bond donors (Lipinski definition) is 9. The molecule has 0 saturated carbocycles. The van der Waals surface area contributed by atoms with Gasteiger partial charge in [-0.3, -0.25) is 34.0 Å². The Morgan fingerprint density at radius 1 is 0.870 bits per heavy atom. The van der Waals surface area contributed by atoms with Crippen molar-refractivity contribution in [1.29, 1.82) is 0 Å². The molecule has 0 unspecified atom stereocenters. The lowest BCUT2D eigenvalue weighted by molar-refractivity contribution is -0.138. The van der Waals surface area contributed by atoms with Crippen molar-refractivity contribution in [2.24, 2.45) is 17.7 Å². The van der Waals surface area contributed by atoms with Crippen LogP contribution in [-0.2, 0) is 30.4 Å². The van der Waals surface area contributed by atoms with Gasteiger partial charge in [0.25, 0.3) is 5.91 Å². The first kappa shape index (κ1) is 37.1. The van der Waals surface area contributed by atoms with Crippen LogP contribution in [0.4, 0.5) is 5.82 Å². The van der Waals surface area contributed by atoms with Crippen LogP contribution in [0.1, 0.15) is 55.5 Å². The third-order valence-corrected chi connectivity index (χ3v) is 6.76. The molecule has 2 rings (SSSR count). The van der Waals surface area contributed by atoms with Gasteiger partial charge in [-0.25, -0.2) is 16.3 Å². The van der Waals surface area contributed by atoms with E-state index < -0.39 is 59.9 Å². The normalized spacial score (nSPS) is 12.6. The topological polar surface area (TPSA) is 254 Å². The average molecular weight is 643 g/mol. The zero-order chi connectivity index (χ0) is 34.1. The van der Waals surface area contributed by atoms with Crippen molar-refractivity contribution >= 4 is 41.3 Å². The highest BCUT2D eigenvalue weighted by atomic mass is 16.5. The zero-order valence-corrected chi connectivity index (χ0v) is 25.7. The number of carboxylic acids is 1. The van der Waals surface area contributed by atoms with Crippen LogP contribution < -0.4 is 38.0 Å². The Hall–Kier alpha value is -5.09. The highest BCUT2D eigenvalue weighted by molar-refractivity contribution is 5.95. The van der Waals surface area contributed by atoms with Crippen molar-refractivity contribution in [2.45, 2.75) is 58.0 Å². The molecule has 250 valence electrons. The fourth-order valence-corrected chi connectivity index (χ4v) is 4.48. The molecule has 46 heavy (non-hydrogen) atoms. The van der Waals surface area contributed by atoms with E-state index in [1.165, 1.54) is 23.8 Å². The first-order valence-corrected chi connectivity index (χ1v) is 14.7. The first-order valence-electron chi connectivity index (χ1n) is 14.7. The van der Waals surface area contributed by atoms with Crippen LogP contribution in [0.15, 0.2) is 48.7 Å². The number of carbonyl (C=O) groups excluding carboxylic acids is 5. The summed E-state index contributed by atoms with van der Waals surface area (Å²) in [4.78, 5) is 79.3. The summed E-state index contributed by atoms with van der Waals surface area (Å²) in [6.07, 6.45) is 0.662. The molecule has 0 bridgehead atoms. The Labute approximate surface area is 266 Å². The largest absolute Gasteiger partial charge is 0.481 e. The molecule has 16 nitrogen and oxygen atoms in total. The number of nitrogen functional groups attached to an aromatic ring is 1. The zero-order valence-electron chi connectivity index (χ0n) is 25.7. The molecular formula is C30H42N8O8. The molecule has 1 aromatic carbocycles. The predicted octanol–water partition coefficient (Wildman–Crippen LogP) is -0.152. The molecule has 0 radical (unpaired) electrons. The third kappa shape index (κ3) is 13.3. The fourth-order valence-electron chi connectivity index (χ4n) is 4.48. The number of nitrogens with one attached hydrogen (secondary N) is 6. The van der Waals surface area contributed by atoms with Gasteiger partial charge in [-0.05, 0) is 36.5 Å².